The Balaban J connectivity index is 1.73. The predicted octanol–water partition coefficient (Wildman–Crippen LogP) is 6.49. The second-order valence-corrected chi connectivity index (χ2v) is 9.82. The van der Waals surface area contributed by atoms with E-state index >= 15 is 0 Å². The molecule has 206 valence electrons. The number of ether oxygens (including phenoxy) is 2. The lowest BCUT2D eigenvalue weighted by Gasteiger charge is -2.11. The number of rotatable bonds is 11. The van der Waals surface area contributed by atoms with Crippen LogP contribution in [0.5, 0.6) is 5.75 Å². The van der Waals surface area contributed by atoms with E-state index in [1.807, 2.05) is 26.0 Å². The first kappa shape index (κ1) is 29.4. The monoisotopic (exact) mass is 537 g/mol. The molecule has 3 rings (SSSR count). The minimum atomic E-state index is -2.92. The molecule has 0 amide bonds. The fraction of sp³-hybridized carbons (Fsp3) is 0.367. The van der Waals surface area contributed by atoms with Gasteiger partial charge < -0.3 is 18.6 Å². The molecular formula is C30H33F2N3O4. The van der Waals surface area contributed by atoms with Crippen LogP contribution in [0.15, 0.2) is 42.0 Å². The molecule has 0 spiro atoms. The normalized spacial score (nSPS) is 11.7. The molecular weight excluding hydrogens is 504 g/mol. The van der Waals surface area contributed by atoms with Gasteiger partial charge >= 0.3 is 12.6 Å². The van der Waals surface area contributed by atoms with Gasteiger partial charge in [0.25, 0.3) is 0 Å². The SMILES string of the molecule is Cc1cc(/C=C(/C#N)C(=O)OCC(=O)c2cc(C)n(-c3ccc(OC(F)F)cc3)c2C)c(C)n1CCC(C)C. The number of aromatic nitrogens is 2. The molecule has 2 heterocycles. The molecule has 0 atom stereocenters. The number of carbonyl (C=O) groups excluding carboxylic acids is 2. The zero-order valence-corrected chi connectivity index (χ0v) is 23.0. The molecule has 1 aromatic carbocycles. The van der Waals surface area contributed by atoms with Crippen molar-refractivity contribution in [3.63, 3.8) is 0 Å². The molecule has 0 radical (unpaired) electrons. The molecule has 0 aliphatic heterocycles. The molecule has 0 saturated heterocycles. The lowest BCUT2D eigenvalue weighted by atomic mass is 10.1. The zero-order chi connectivity index (χ0) is 28.9. The van der Waals surface area contributed by atoms with Gasteiger partial charge in [-0.25, -0.2) is 4.79 Å². The standard InChI is InChI=1S/C30H33F2N3O4/c1-18(2)11-12-34-19(3)13-23(21(34)5)15-24(16-33)29(37)38-17-28(36)27-14-20(4)35(22(27)6)25-7-9-26(10-8-25)39-30(31)32/h7-10,13-15,18,30H,11-12,17H2,1-6H3/b24-15-. The van der Waals surface area contributed by atoms with Crippen LogP contribution in [0.25, 0.3) is 11.8 Å². The Morgan fingerprint density at radius 2 is 1.69 bits per heavy atom. The summed E-state index contributed by atoms with van der Waals surface area (Å²) in [7, 11) is 0. The Bertz CT molecular complexity index is 1420. The maximum Gasteiger partial charge on any atom is 0.387 e. The van der Waals surface area contributed by atoms with Crippen LogP contribution >= 0.6 is 0 Å². The van der Waals surface area contributed by atoms with Crippen molar-refractivity contribution in [1.29, 1.82) is 5.26 Å². The van der Waals surface area contributed by atoms with Crippen molar-refractivity contribution in [2.75, 3.05) is 6.61 Å². The molecule has 2 aromatic heterocycles. The summed E-state index contributed by atoms with van der Waals surface area (Å²) in [5.74, 6) is -0.728. The van der Waals surface area contributed by atoms with Crippen LogP contribution in [0.3, 0.4) is 0 Å². The number of nitriles is 1. The minimum Gasteiger partial charge on any atom is -0.453 e. The predicted molar refractivity (Wildman–Crippen MR) is 144 cm³/mol. The number of alkyl halides is 2. The summed E-state index contributed by atoms with van der Waals surface area (Å²) in [6, 6.07) is 11.5. The maximum absolute atomic E-state index is 12.9. The highest BCUT2D eigenvalue weighted by Gasteiger charge is 2.20. The van der Waals surface area contributed by atoms with E-state index in [-0.39, 0.29) is 11.3 Å². The molecule has 3 aromatic rings. The Hall–Kier alpha value is -4.19. The Kier molecular flexibility index (Phi) is 9.47. The Morgan fingerprint density at radius 1 is 1.03 bits per heavy atom. The second kappa shape index (κ2) is 12.6. The summed E-state index contributed by atoms with van der Waals surface area (Å²) in [5, 5.41) is 9.60. The number of carbonyl (C=O) groups is 2. The molecule has 0 bridgehead atoms. The largest absolute Gasteiger partial charge is 0.453 e. The summed E-state index contributed by atoms with van der Waals surface area (Å²) in [6.07, 6.45) is 2.50. The van der Waals surface area contributed by atoms with Crippen LogP contribution in [0.4, 0.5) is 8.78 Å². The van der Waals surface area contributed by atoms with Crippen LogP contribution in [-0.4, -0.2) is 34.1 Å². The average Bonchev–Trinajstić information content (AvgIpc) is 3.32. The lowest BCUT2D eigenvalue weighted by molar-refractivity contribution is -0.137. The van der Waals surface area contributed by atoms with Crippen LogP contribution in [0, 0.1) is 44.9 Å². The fourth-order valence-corrected chi connectivity index (χ4v) is 4.50. The smallest absolute Gasteiger partial charge is 0.387 e. The lowest BCUT2D eigenvalue weighted by Crippen LogP contribution is -2.16. The van der Waals surface area contributed by atoms with Gasteiger partial charge in [-0.1, -0.05) is 13.8 Å². The molecule has 9 heteroatoms. The molecule has 7 nitrogen and oxygen atoms in total. The van der Waals surface area contributed by atoms with E-state index in [9.17, 15) is 23.6 Å². The van der Waals surface area contributed by atoms with E-state index in [0.717, 1.165) is 35.6 Å². The van der Waals surface area contributed by atoms with Gasteiger partial charge in [-0.3, -0.25) is 4.79 Å². The van der Waals surface area contributed by atoms with Crippen LogP contribution in [0.2, 0.25) is 0 Å². The molecule has 0 fully saturated rings. The average molecular weight is 538 g/mol. The third-order valence-electron chi connectivity index (χ3n) is 6.57. The second-order valence-electron chi connectivity index (χ2n) is 9.82. The third-order valence-corrected chi connectivity index (χ3v) is 6.57. The minimum absolute atomic E-state index is 0.0262. The van der Waals surface area contributed by atoms with Crippen molar-refractivity contribution in [2.24, 2.45) is 5.92 Å². The highest BCUT2D eigenvalue weighted by molar-refractivity contribution is 6.02. The van der Waals surface area contributed by atoms with Crippen molar-refractivity contribution >= 4 is 17.8 Å². The number of hydrogen-bond acceptors (Lipinski definition) is 5. The quantitative estimate of drug-likeness (QED) is 0.121. The number of hydrogen-bond donors (Lipinski definition) is 0. The molecule has 39 heavy (non-hydrogen) atoms. The summed E-state index contributed by atoms with van der Waals surface area (Å²) >= 11 is 0. The van der Waals surface area contributed by atoms with Crippen molar-refractivity contribution < 1.29 is 27.8 Å². The number of nitrogens with zero attached hydrogens (tertiary/aromatic N) is 3. The summed E-state index contributed by atoms with van der Waals surface area (Å²) in [4.78, 5) is 25.6. The number of Topliss-reactive ketones (excluding diaryl/α,β-unsaturated/α-hetero) is 1. The van der Waals surface area contributed by atoms with Gasteiger partial charge in [0.05, 0.1) is 0 Å². The summed E-state index contributed by atoms with van der Waals surface area (Å²) in [6.45, 7) is 9.17. The van der Waals surface area contributed by atoms with Gasteiger partial charge in [0.15, 0.2) is 6.61 Å². The van der Waals surface area contributed by atoms with Gasteiger partial charge in [-0.15, -0.1) is 0 Å². The van der Waals surface area contributed by atoms with Gasteiger partial charge in [0.2, 0.25) is 5.78 Å². The Labute approximate surface area is 227 Å². The van der Waals surface area contributed by atoms with E-state index in [2.05, 4.69) is 23.2 Å². The molecule has 0 aliphatic rings. The molecule has 0 aliphatic carbocycles. The van der Waals surface area contributed by atoms with Crippen molar-refractivity contribution in [2.45, 2.75) is 61.1 Å². The molecule has 0 unspecified atom stereocenters. The van der Waals surface area contributed by atoms with Crippen molar-refractivity contribution in [1.82, 2.24) is 9.13 Å². The van der Waals surface area contributed by atoms with E-state index in [0.29, 0.717) is 22.9 Å². The van der Waals surface area contributed by atoms with Gasteiger partial charge in [0, 0.05) is 40.6 Å². The van der Waals surface area contributed by atoms with Gasteiger partial charge in [0.1, 0.15) is 17.4 Å². The van der Waals surface area contributed by atoms with E-state index < -0.39 is 25.0 Å². The van der Waals surface area contributed by atoms with E-state index in [1.54, 1.807) is 36.6 Å². The van der Waals surface area contributed by atoms with E-state index in [1.165, 1.54) is 18.2 Å². The summed E-state index contributed by atoms with van der Waals surface area (Å²) < 4.78 is 38.4. The first-order valence-electron chi connectivity index (χ1n) is 12.7. The summed E-state index contributed by atoms with van der Waals surface area (Å²) in [5.41, 5.74) is 4.88. The fourth-order valence-electron chi connectivity index (χ4n) is 4.50. The zero-order valence-electron chi connectivity index (χ0n) is 23.0. The first-order valence-corrected chi connectivity index (χ1v) is 12.7. The van der Waals surface area contributed by atoms with E-state index in [4.69, 9.17) is 4.74 Å². The number of halogens is 2. The first-order chi connectivity index (χ1) is 18.4. The number of ketones is 1. The van der Waals surface area contributed by atoms with Crippen LogP contribution in [-0.2, 0) is 16.1 Å². The highest BCUT2D eigenvalue weighted by Crippen LogP contribution is 2.24. The van der Waals surface area contributed by atoms with Crippen molar-refractivity contribution in [3.05, 3.63) is 75.9 Å². The van der Waals surface area contributed by atoms with Gasteiger partial charge in [-0.05, 0) is 88.1 Å². The molecule has 0 saturated carbocycles. The number of aryl methyl sites for hydroxylation is 2. The molecule has 0 N–H and O–H groups in total. The Morgan fingerprint density at radius 3 is 2.28 bits per heavy atom. The van der Waals surface area contributed by atoms with Crippen molar-refractivity contribution in [3.8, 4) is 17.5 Å². The number of esters is 1. The maximum atomic E-state index is 12.9. The number of benzene rings is 1. The third kappa shape index (κ3) is 7.02. The van der Waals surface area contributed by atoms with Crippen LogP contribution < -0.4 is 4.74 Å². The topological polar surface area (TPSA) is 86.2 Å². The van der Waals surface area contributed by atoms with Crippen LogP contribution in [0.1, 0.15) is 59.0 Å². The highest BCUT2D eigenvalue weighted by atomic mass is 19.3. The van der Waals surface area contributed by atoms with Gasteiger partial charge in [-0.2, -0.15) is 14.0 Å².